The van der Waals surface area contributed by atoms with Crippen LogP contribution in [0.3, 0.4) is 0 Å². The number of aliphatic hydroxyl groups is 3. The quantitative estimate of drug-likeness (QED) is 0.0271. The van der Waals surface area contributed by atoms with Gasteiger partial charge in [-0.05, 0) is 241 Å². The number of nitrogens with zero attached hydrogens (tertiary/aromatic N) is 4. The minimum atomic E-state index is -0.924. The van der Waals surface area contributed by atoms with Crippen molar-refractivity contribution in [2.45, 2.75) is 82.4 Å². The number of aromatic amines is 3. The van der Waals surface area contributed by atoms with E-state index in [4.69, 9.17) is 98.0 Å². The van der Waals surface area contributed by atoms with Gasteiger partial charge >= 0.3 is 18.3 Å². The Morgan fingerprint density at radius 3 is 1.05 bits per heavy atom. The number of amides is 6. The first-order valence-electron chi connectivity index (χ1n) is 41.0. The maximum absolute atomic E-state index is 13.5. The summed E-state index contributed by atoms with van der Waals surface area (Å²) in [4.78, 5) is 95.8. The fraction of sp³-hybridized carbons (Fsp3) is 0.253. The molecule has 0 saturated heterocycles. The van der Waals surface area contributed by atoms with E-state index in [0.717, 1.165) is 96.0 Å². The lowest BCUT2D eigenvalue weighted by Gasteiger charge is -2.35. The van der Waals surface area contributed by atoms with E-state index in [1.54, 1.807) is 156 Å². The number of nitrogens with one attached hydrogen (secondary N) is 6. The predicted molar refractivity (Wildman–Crippen MR) is 483 cm³/mol. The second-order valence-electron chi connectivity index (χ2n) is 31.1. The van der Waals surface area contributed by atoms with E-state index in [1.165, 1.54) is 6.20 Å². The fourth-order valence-corrected chi connectivity index (χ4v) is 16.2. The van der Waals surface area contributed by atoms with Crippen LogP contribution in [0.25, 0.3) is 32.7 Å². The first-order chi connectivity index (χ1) is 60.9. The molecule has 126 heavy (non-hydrogen) atoms. The van der Waals surface area contributed by atoms with Crippen LogP contribution in [0.1, 0.15) is 106 Å². The number of fused-ring (bicyclic) bond motifs is 9. The molecule has 1 saturated carbocycles. The van der Waals surface area contributed by atoms with E-state index in [1.807, 2.05) is 91.0 Å². The molecular weight excluding hydrogens is 1730 g/mol. The fourth-order valence-electron chi connectivity index (χ4n) is 15.3. The summed E-state index contributed by atoms with van der Waals surface area (Å²) < 4.78 is 34.5. The molecule has 1 aliphatic carbocycles. The first-order valence-corrected chi connectivity index (χ1v) is 43.3. The highest BCUT2D eigenvalue weighted by atomic mass is 35.5. The first kappa shape index (κ1) is 88.8. The smallest absolute Gasteiger partial charge is 0.416 e. The number of carbonyl (C=O) groups is 6. The van der Waals surface area contributed by atoms with Crippen molar-refractivity contribution < 1.29 is 72.5 Å². The zero-order valence-corrected chi connectivity index (χ0v) is 72.7. The normalized spacial score (nSPS) is 15.8. The van der Waals surface area contributed by atoms with Gasteiger partial charge in [0.05, 0.1) is 5.56 Å². The average Bonchev–Trinajstić information content (AvgIpc) is 1.60. The van der Waals surface area contributed by atoms with Gasteiger partial charge < -0.3 is 74.6 Å². The van der Waals surface area contributed by atoms with Gasteiger partial charge in [0.15, 0.2) is 0 Å². The minimum Gasteiger partial charge on any atom is -0.491 e. The van der Waals surface area contributed by atoms with Crippen molar-refractivity contribution in [2.24, 2.45) is 11.8 Å². The molecule has 650 valence electrons. The number of aromatic nitrogens is 4. The molecule has 4 aliphatic rings. The Morgan fingerprint density at radius 1 is 0.413 bits per heavy atom. The van der Waals surface area contributed by atoms with E-state index >= 15 is 0 Å². The summed E-state index contributed by atoms with van der Waals surface area (Å²) in [5, 5.41) is 45.6. The molecule has 0 radical (unpaired) electrons. The van der Waals surface area contributed by atoms with E-state index < -0.39 is 54.7 Å². The van der Waals surface area contributed by atoms with Gasteiger partial charge in [0.2, 0.25) is 11.8 Å². The second kappa shape index (κ2) is 40.5. The molecule has 0 bridgehead atoms. The molecule has 17 rings (SSSR count). The van der Waals surface area contributed by atoms with Crippen LogP contribution in [0.4, 0.5) is 14.4 Å². The second-order valence-corrected chi connectivity index (χ2v) is 33.7. The van der Waals surface area contributed by atoms with E-state index in [9.17, 15) is 44.1 Å². The molecule has 31 heteroatoms. The Labute approximate surface area is 755 Å². The van der Waals surface area contributed by atoms with Crippen molar-refractivity contribution in [3.05, 3.63) is 311 Å². The molecule has 13 aromatic rings. The van der Waals surface area contributed by atoms with E-state index in [0.29, 0.717) is 109 Å². The topological polar surface area (TPSA) is 325 Å². The number of carbonyl (C=O) groups excluding carboxylic acids is 6. The van der Waals surface area contributed by atoms with Crippen LogP contribution < -0.4 is 44.4 Å². The van der Waals surface area contributed by atoms with Gasteiger partial charge in [0.1, 0.15) is 90.8 Å². The van der Waals surface area contributed by atoms with Crippen LogP contribution in [-0.2, 0) is 28.9 Å². The molecule has 9 aromatic carbocycles. The van der Waals surface area contributed by atoms with Crippen LogP contribution in [0.2, 0.25) is 30.1 Å². The zero-order valence-electron chi connectivity index (χ0n) is 68.2. The molecule has 6 amide bonds. The Kier molecular flexibility index (Phi) is 28.6. The number of rotatable bonds is 24. The van der Waals surface area contributed by atoms with E-state index in [-0.39, 0.29) is 69.0 Å². The largest absolute Gasteiger partial charge is 0.491 e. The number of aliphatic hydroxyl groups excluding tert-OH is 3. The lowest BCUT2D eigenvalue weighted by atomic mass is 9.92. The number of hydrogen-bond acceptors (Lipinski definition) is 16. The van der Waals surface area contributed by atoms with Crippen LogP contribution in [-0.4, -0.2) is 163 Å². The van der Waals surface area contributed by atoms with Crippen molar-refractivity contribution in [3.63, 3.8) is 0 Å². The number of benzene rings is 9. The maximum atomic E-state index is 13.5. The van der Waals surface area contributed by atoms with Gasteiger partial charge in [0, 0.05) is 143 Å². The van der Waals surface area contributed by atoms with Gasteiger partial charge in [-0.3, -0.25) is 34.1 Å². The van der Waals surface area contributed by atoms with Crippen molar-refractivity contribution in [1.29, 1.82) is 0 Å². The Morgan fingerprint density at radius 2 is 0.730 bits per heavy atom. The summed E-state index contributed by atoms with van der Waals surface area (Å²) in [6.45, 7) is 5.21. The van der Waals surface area contributed by atoms with Crippen LogP contribution in [0, 0.1) is 11.8 Å². The number of ether oxygens (including phenoxy) is 6. The van der Waals surface area contributed by atoms with Crippen molar-refractivity contribution in [3.8, 4) is 34.5 Å². The Balaban J connectivity index is 0.000000146. The molecule has 4 aromatic heterocycles. The molecule has 25 nitrogen and oxygen atoms in total. The zero-order chi connectivity index (χ0) is 88.2. The standard InChI is InChI=1S/C33H28Cl2N4O5.C31H29Cl2N3O5.C31H31Cl2N3O5/c34-22-5-10-26(11-6-22)44-33(42)39-15-13-27-28-16-23(35)7-12-29(28)38-30(27)31(39)20-3-8-25(9-4-20)43-19-24(40)18-37-32(41)21-2-1-14-36-17-21;32-20-5-10-24(11-6-20)41-31(39)36-14-13-25-26-15-21(33)7-12-27(26)35-28(25)29(36)18-3-8-23(9-4-18)40-17-22(37)16-34-30(38)19-1-2-19;1-18(2)30(38)34-16-22(37)17-40-23-8-3-19(4-9-23)29-28-25(26-15-21(33)7-12-27(26)35-28)13-14-36(29)31(39)41-24-10-5-20(32)6-11-24/h1-12,14,16-17,24,31,38,40H,13,15,18-19H2,(H,37,41);3-12,15,19,22,29,35,37H,1-2,13-14,16-17H2,(H,34,38);3-12,15,18,22,29,35,37H,13-14,16-17H2,1-2H3,(H,34,38). The molecule has 0 spiro atoms. The molecule has 6 unspecified atom stereocenters. The lowest BCUT2D eigenvalue weighted by molar-refractivity contribution is -0.124. The van der Waals surface area contributed by atoms with Gasteiger partial charge in [-0.25, -0.2) is 14.4 Å². The molecule has 9 N–H and O–H groups in total. The summed E-state index contributed by atoms with van der Waals surface area (Å²) in [6, 6.07) is 61.2. The SMILES string of the molecule is CC(C)C(=O)NCC(O)COc1ccc(C2c3[nH]c4ccc(Cl)cc4c3CCN2C(=O)Oc2ccc(Cl)cc2)cc1.O=C(NCC(O)COc1ccc(C2c3[nH]c4ccc(Cl)cc4c3CCN2C(=O)Oc2ccc(Cl)cc2)cc1)C1CC1.O=C(NCC(O)COc1ccc(C2c3[nH]c4ccc(Cl)cc4c3CCN2C(=O)Oc2ccc(Cl)cc2)cc1)c1cccnc1. The average molecular weight is 1820 g/mol. The van der Waals surface area contributed by atoms with Gasteiger partial charge in [-0.2, -0.15) is 0 Å². The van der Waals surface area contributed by atoms with E-state index in [2.05, 4.69) is 35.9 Å². The highest BCUT2D eigenvalue weighted by Crippen LogP contribution is 2.45. The molecule has 3 aliphatic heterocycles. The number of halogens is 6. The summed E-state index contributed by atoms with van der Waals surface area (Å²) in [6.07, 6.45) is 2.71. The van der Waals surface area contributed by atoms with Gasteiger partial charge in [0.25, 0.3) is 5.91 Å². The third-order valence-corrected chi connectivity index (χ3v) is 23.3. The Hall–Kier alpha value is -12.0. The summed E-state index contributed by atoms with van der Waals surface area (Å²) in [5.41, 5.74) is 11.8. The third-order valence-electron chi connectivity index (χ3n) is 21.9. The van der Waals surface area contributed by atoms with Crippen LogP contribution in [0.5, 0.6) is 34.5 Å². The maximum Gasteiger partial charge on any atom is 0.416 e. The van der Waals surface area contributed by atoms with Gasteiger partial charge in [-0.1, -0.05) is 120 Å². The molecule has 6 atom stereocenters. The van der Waals surface area contributed by atoms with Crippen molar-refractivity contribution in [1.82, 2.24) is 50.6 Å². The van der Waals surface area contributed by atoms with Crippen LogP contribution in [0.15, 0.2) is 225 Å². The Bertz CT molecular complexity index is 5820. The minimum absolute atomic E-state index is 0.0151. The lowest BCUT2D eigenvalue weighted by Crippen LogP contribution is -2.42. The number of pyridine rings is 1. The van der Waals surface area contributed by atoms with Gasteiger partial charge in [-0.15, -0.1) is 0 Å². The third kappa shape index (κ3) is 21.9. The molecular formula is C95H88Cl6N10O15. The molecule has 1 fully saturated rings. The van der Waals surface area contributed by atoms with Crippen LogP contribution >= 0.6 is 69.6 Å². The monoisotopic (exact) mass is 1820 g/mol. The number of hydrogen-bond donors (Lipinski definition) is 9. The highest BCUT2D eigenvalue weighted by molar-refractivity contribution is 6.33. The van der Waals surface area contributed by atoms with Crippen molar-refractivity contribution in [2.75, 3.05) is 59.1 Å². The summed E-state index contributed by atoms with van der Waals surface area (Å²) in [7, 11) is 0. The molecule has 7 heterocycles. The summed E-state index contributed by atoms with van der Waals surface area (Å²) in [5.74, 6) is 2.31. The van der Waals surface area contributed by atoms with Crippen molar-refractivity contribution >= 4 is 138 Å². The predicted octanol–water partition coefficient (Wildman–Crippen LogP) is 18.2. The highest BCUT2D eigenvalue weighted by Gasteiger charge is 2.40. The summed E-state index contributed by atoms with van der Waals surface area (Å²) >= 11 is 36.9. The number of H-pyrrole nitrogens is 3.